The lowest BCUT2D eigenvalue weighted by Crippen LogP contribution is -2.48. The third-order valence-corrected chi connectivity index (χ3v) is 5.11. The molecule has 0 amide bonds. The first-order valence-electron chi connectivity index (χ1n) is 8.99. The highest BCUT2D eigenvalue weighted by atomic mass is 19.1. The Morgan fingerprint density at radius 2 is 2.18 bits per heavy atom. The summed E-state index contributed by atoms with van der Waals surface area (Å²) in [5, 5.41) is 13.2. The second-order valence-corrected chi connectivity index (χ2v) is 7.06. The zero-order chi connectivity index (χ0) is 20.0. The molecule has 3 N–H and O–H groups in total. The summed E-state index contributed by atoms with van der Waals surface area (Å²) in [6.45, 7) is 0.728. The van der Waals surface area contributed by atoms with Gasteiger partial charge in [-0.25, -0.2) is 14.2 Å². The lowest BCUT2D eigenvalue weighted by Gasteiger charge is -2.32. The van der Waals surface area contributed by atoms with Gasteiger partial charge in [0, 0.05) is 24.8 Å². The average Bonchev–Trinajstić information content (AvgIpc) is 3.49. The highest BCUT2D eigenvalue weighted by Crippen LogP contribution is 2.37. The van der Waals surface area contributed by atoms with Crippen molar-refractivity contribution in [2.45, 2.75) is 31.3 Å². The number of carboxylic acids is 1. The van der Waals surface area contributed by atoms with Gasteiger partial charge in [-0.15, -0.1) is 0 Å². The van der Waals surface area contributed by atoms with E-state index in [1.54, 1.807) is 9.47 Å². The quantitative estimate of drug-likeness (QED) is 0.751. The molecule has 10 heteroatoms. The van der Waals surface area contributed by atoms with Crippen LogP contribution in [0, 0.1) is 5.82 Å². The Kier molecular flexibility index (Phi) is 4.50. The van der Waals surface area contributed by atoms with Crippen molar-refractivity contribution >= 4 is 28.5 Å². The van der Waals surface area contributed by atoms with Crippen molar-refractivity contribution in [3.63, 3.8) is 0 Å². The highest BCUT2D eigenvalue weighted by Gasteiger charge is 2.30. The molecular weight excluding hydrogens is 369 g/mol. The molecule has 148 valence electrons. The summed E-state index contributed by atoms with van der Waals surface area (Å²) < 4.78 is 16.5. The van der Waals surface area contributed by atoms with E-state index in [-0.39, 0.29) is 41.0 Å². The van der Waals surface area contributed by atoms with Gasteiger partial charge in [-0.05, 0) is 25.3 Å². The van der Waals surface area contributed by atoms with E-state index in [1.165, 1.54) is 13.3 Å². The van der Waals surface area contributed by atoms with Crippen LogP contribution in [0.15, 0.2) is 22.2 Å². The first-order valence-corrected chi connectivity index (χ1v) is 8.99. The molecule has 0 aromatic carbocycles. The smallest absolute Gasteiger partial charge is 0.341 e. The highest BCUT2D eigenvalue weighted by molar-refractivity contribution is 5.95. The molecule has 2 fully saturated rings. The molecule has 2 aliphatic rings. The van der Waals surface area contributed by atoms with Crippen LogP contribution >= 0.6 is 0 Å². The molecule has 2 aromatic heterocycles. The van der Waals surface area contributed by atoms with Crippen LogP contribution in [0.3, 0.4) is 0 Å². The summed E-state index contributed by atoms with van der Waals surface area (Å²) in [6, 6.07) is 0.863. The van der Waals surface area contributed by atoms with E-state index < -0.39 is 17.2 Å². The van der Waals surface area contributed by atoms with Crippen molar-refractivity contribution in [2.75, 3.05) is 25.1 Å². The van der Waals surface area contributed by atoms with E-state index in [0.29, 0.717) is 18.7 Å². The predicted octanol–water partition coefficient (Wildman–Crippen LogP) is 1.11. The van der Waals surface area contributed by atoms with Crippen LogP contribution in [-0.2, 0) is 4.84 Å². The summed E-state index contributed by atoms with van der Waals surface area (Å²) in [4.78, 5) is 34.9. The number of halogens is 1. The first kappa shape index (κ1) is 18.4. The Hall–Kier alpha value is -3.01. The summed E-state index contributed by atoms with van der Waals surface area (Å²) >= 11 is 0. The molecule has 1 saturated heterocycles. The second-order valence-electron chi connectivity index (χ2n) is 7.06. The van der Waals surface area contributed by atoms with Gasteiger partial charge < -0.3 is 25.1 Å². The van der Waals surface area contributed by atoms with Crippen molar-refractivity contribution in [3.05, 3.63) is 33.9 Å². The maximum Gasteiger partial charge on any atom is 0.341 e. The van der Waals surface area contributed by atoms with Gasteiger partial charge in [0.15, 0.2) is 11.6 Å². The molecule has 28 heavy (non-hydrogen) atoms. The maximum atomic E-state index is 14.9. The van der Waals surface area contributed by atoms with E-state index in [0.717, 1.165) is 18.9 Å². The van der Waals surface area contributed by atoms with Gasteiger partial charge in [0.1, 0.15) is 18.3 Å². The van der Waals surface area contributed by atoms with Crippen LogP contribution in [0.25, 0.3) is 11.0 Å². The van der Waals surface area contributed by atoms with E-state index in [9.17, 15) is 19.1 Å². The van der Waals surface area contributed by atoms with Crippen molar-refractivity contribution in [1.82, 2.24) is 9.55 Å². The standard InChI is InChI=1S/C18H20FN5O4/c1-28-22-14-8-23(5-4-13(14)20)17-12(19)6-10-15(25)11(18(26)27)7-24(9-2-3-9)16(10)21-17/h6-7,9,13H,2-5,8,20H2,1H3,(H,26,27)/b22-14+. The molecule has 0 radical (unpaired) electrons. The van der Waals surface area contributed by atoms with Crippen LogP contribution in [-0.4, -0.2) is 52.6 Å². The number of nitrogens with two attached hydrogens (primary N) is 1. The number of carbonyl (C=O) groups is 1. The fraction of sp³-hybridized carbons (Fsp3) is 0.444. The molecule has 3 heterocycles. The minimum Gasteiger partial charge on any atom is -0.477 e. The van der Waals surface area contributed by atoms with Gasteiger partial charge in [-0.3, -0.25) is 4.79 Å². The number of pyridine rings is 2. The number of rotatable bonds is 4. The summed E-state index contributed by atoms with van der Waals surface area (Å²) in [5.74, 6) is -1.95. The normalized spacial score (nSPS) is 21.3. The number of nitrogens with zero attached hydrogens (tertiary/aromatic N) is 4. The van der Waals surface area contributed by atoms with Gasteiger partial charge in [0.05, 0.1) is 17.6 Å². The molecule has 1 aliphatic carbocycles. The van der Waals surface area contributed by atoms with Crippen LogP contribution in [0.1, 0.15) is 35.7 Å². The van der Waals surface area contributed by atoms with Gasteiger partial charge in [-0.2, -0.15) is 0 Å². The number of anilines is 1. The maximum absolute atomic E-state index is 14.9. The molecule has 1 aliphatic heterocycles. The molecule has 0 bridgehead atoms. The van der Waals surface area contributed by atoms with Gasteiger partial charge >= 0.3 is 5.97 Å². The van der Waals surface area contributed by atoms with Crippen LogP contribution in [0.4, 0.5) is 10.2 Å². The van der Waals surface area contributed by atoms with Gasteiger partial charge in [0.25, 0.3) is 0 Å². The minimum atomic E-state index is -1.34. The topological polar surface area (TPSA) is 123 Å². The number of aromatic carboxylic acids is 1. The Labute approximate surface area is 159 Å². The van der Waals surface area contributed by atoms with Crippen molar-refractivity contribution < 1.29 is 19.1 Å². The lowest BCUT2D eigenvalue weighted by molar-refractivity contribution is 0.0695. The Morgan fingerprint density at radius 1 is 1.43 bits per heavy atom. The molecule has 1 unspecified atom stereocenters. The minimum absolute atomic E-state index is 0.0347. The summed E-state index contributed by atoms with van der Waals surface area (Å²) in [5.41, 5.74) is 5.76. The van der Waals surface area contributed by atoms with E-state index >= 15 is 0 Å². The van der Waals surface area contributed by atoms with E-state index in [4.69, 9.17) is 10.6 Å². The summed E-state index contributed by atoms with van der Waals surface area (Å²) in [6.07, 6.45) is 3.57. The zero-order valence-electron chi connectivity index (χ0n) is 15.3. The largest absolute Gasteiger partial charge is 0.477 e. The number of fused-ring (bicyclic) bond motifs is 1. The Morgan fingerprint density at radius 3 is 2.82 bits per heavy atom. The number of carboxylic acid groups (broad SMARTS) is 1. The molecule has 2 aromatic rings. The van der Waals surface area contributed by atoms with Crippen molar-refractivity contribution in [3.8, 4) is 0 Å². The zero-order valence-corrected chi connectivity index (χ0v) is 15.3. The summed E-state index contributed by atoms with van der Waals surface area (Å²) in [7, 11) is 1.42. The molecule has 4 rings (SSSR count). The van der Waals surface area contributed by atoms with Crippen LogP contribution in [0.2, 0.25) is 0 Å². The lowest BCUT2D eigenvalue weighted by atomic mass is 10.0. The molecule has 1 saturated carbocycles. The number of aromatic nitrogens is 2. The molecule has 1 atom stereocenters. The van der Waals surface area contributed by atoms with Crippen LogP contribution in [0.5, 0.6) is 0 Å². The molecule has 0 spiro atoms. The second kappa shape index (κ2) is 6.86. The third-order valence-electron chi connectivity index (χ3n) is 5.11. The van der Waals surface area contributed by atoms with Gasteiger partial charge in [-0.1, -0.05) is 5.16 Å². The number of oxime groups is 1. The van der Waals surface area contributed by atoms with E-state index in [2.05, 4.69) is 10.1 Å². The number of hydrogen-bond donors (Lipinski definition) is 2. The molecular formula is C18H20FN5O4. The third kappa shape index (κ3) is 3.09. The Balaban J connectivity index is 1.85. The monoisotopic (exact) mass is 389 g/mol. The fourth-order valence-electron chi connectivity index (χ4n) is 3.49. The predicted molar refractivity (Wildman–Crippen MR) is 100 cm³/mol. The van der Waals surface area contributed by atoms with Crippen LogP contribution < -0.4 is 16.1 Å². The Bertz CT molecular complexity index is 1050. The first-order chi connectivity index (χ1) is 13.4. The van der Waals surface area contributed by atoms with Crippen molar-refractivity contribution in [1.29, 1.82) is 0 Å². The number of piperidine rings is 1. The SMILES string of the molecule is CO/N=C1\CN(c2nc3c(cc2F)c(=O)c(C(=O)O)cn3C2CC2)CCC1N. The molecule has 9 nitrogen and oxygen atoms in total. The number of hydrogen-bond acceptors (Lipinski definition) is 7. The van der Waals surface area contributed by atoms with Gasteiger partial charge in [0.2, 0.25) is 5.43 Å². The van der Waals surface area contributed by atoms with Crippen molar-refractivity contribution in [2.24, 2.45) is 10.9 Å². The average molecular weight is 389 g/mol. The fourth-order valence-corrected chi connectivity index (χ4v) is 3.49. The van der Waals surface area contributed by atoms with E-state index in [1.807, 2.05) is 0 Å².